The number of fused-ring (bicyclic) bond motifs is 1. The first kappa shape index (κ1) is 15.6. The number of pyridine rings is 1. The molecule has 2 N–H and O–H groups in total. The zero-order valence-electron chi connectivity index (χ0n) is 14.4. The summed E-state index contributed by atoms with van der Waals surface area (Å²) in [6, 6.07) is 14.1. The topological polar surface area (TPSA) is 71.3 Å². The minimum absolute atomic E-state index is 0.0343. The Morgan fingerprint density at radius 2 is 1.92 bits per heavy atom. The van der Waals surface area contributed by atoms with Crippen molar-refractivity contribution in [1.29, 1.82) is 0 Å². The summed E-state index contributed by atoms with van der Waals surface area (Å²) >= 11 is 0. The maximum Gasteiger partial charge on any atom is 0.249 e. The van der Waals surface area contributed by atoms with Gasteiger partial charge in [-0.1, -0.05) is 30.3 Å². The fourth-order valence-electron chi connectivity index (χ4n) is 3.13. The monoisotopic (exact) mass is 335 g/mol. The second-order valence-electron chi connectivity index (χ2n) is 6.83. The first-order valence-corrected chi connectivity index (χ1v) is 8.57. The van der Waals surface area contributed by atoms with Crippen LogP contribution in [0.5, 0.6) is 0 Å². The number of benzene rings is 1. The van der Waals surface area contributed by atoms with Crippen molar-refractivity contribution in [3.05, 3.63) is 54.2 Å². The van der Waals surface area contributed by atoms with Crippen LogP contribution in [0.2, 0.25) is 0 Å². The fourth-order valence-corrected chi connectivity index (χ4v) is 3.13. The molecule has 0 spiro atoms. The highest BCUT2D eigenvalue weighted by molar-refractivity contribution is 6.00. The van der Waals surface area contributed by atoms with E-state index in [1.54, 1.807) is 4.52 Å². The van der Waals surface area contributed by atoms with Crippen LogP contribution in [0.4, 0.5) is 11.6 Å². The number of aromatic nitrogens is 3. The number of anilines is 2. The number of carbonyl (C=O) groups is 1. The van der Waals surface area contributed by atoms with Crippen molar-refractivity contribution in [2.45, 2.75) is 38.1 Å². The number of hydrogen-bond donors (Lipinski definition) is 2. The first-order valence-electron chi connectivity index (χ1n) is 8.57. The van der Waals surface area contributed by atoms with Crippen LogP contribution in [0.1, 0.15) is 32.3 Å². The summed E-state index contributed by atoms with van der Waals surface area (Å²) in [6.45, 7) is 4.14. The maximum atomic E-state index is 12.8. The number of rotatable bonds is 5. The van der Waals surface area contributed by atoms with E-state index in [4.69, 9.17) is 0 Å². The Labute approximate surface area is 146 Å². The molecule has 1 amide bonds. The van der Waals surface area contributed by atoms with Crippen LogP contribution in [-0.2, 0) is 10.2 Å². The van der Waals surface area contributed by atoms with Gasteiger partial charge in [-0.25, -0.2) is 4.52 Å². The number of nitrogens with one attached hydrogen (secondary N) is 2. The fraction of sp³-hybridized carbons (Fsp3) is 0.316. The van der Waals surface area contributed by atoms with Gasteiger partial charge < -0.3 is 5.32 Å². The summed E-state index contributed by atoms with van der Waals surface area (Å²) < 4.78 is 1.68. The molecule has 6 heteroatoms. The van der Waals surface area contributed by atoms with E-state index in [1.807, 2.05) is 48.7 Å². The molecule has 0 atom stereocenters. The molecule has 1 aliphatic rings. The predicted molar refractivity (Wildman–Crippen MR) is 97.7 cm³/mol. The molecule has 0 aliphatic heterocycles. The van der Waals surface area contributed by atoms with Crippen LogP contribution in [0.25, 0.3) is 5.65 Å². The molecule has 128 valence electrons. The second kappa shape index (κ2) is 5.88. The maximum absolute atomic E-state index is 12.8. The smallest absolute Gasteiger partial charge is 0.249 e. The molecular formula is C19H21N5O. The van der Waals surface area contributed by atoms with Crippen molar-refractivity contribution < 1.29 is 4.79 Å². The molecular weight excluding hydrogens is 314 g/mol. The van der Waals surface area contributed by atoms with Crippen molar-refractivity contribution in [3.63, 3.8) is 0 Å². The minimum Gasteiger partial charge on any atom is -0.380 e. The van der Waals surface area contributed by atoms with Gasteiger partial charge in [0, 0.05) is 12.2 Å². The Morgan fingerprint density at radius 3 is 2.60 bits per heavy atom. The summed E-state index contributed by atoms with van der Waals surface area (Å²) in [6.07, 6.45) is 3.54. The van der Waals surface area contributed by atoms with Crippen molar-refractivity contribution in [1.82, 2.24) is 14.6 Å². The highest BCUT2D eigenvalue weighted by Crippen LogP contribution is 2.48. The van der Waals surface area contributed by atoms with Crippen LogP contribution in [0.15, 0.2) is 48.7 Å². The Bertz CT molecular complexity index is 912. The van der Waals surface area contributed by atoms with Gasteiger partial charge in [-0.3, -0.25) is 10.1 Å². The third-order valence-electron chi connectivity index (χ3n) is 4.54. The zero-order valence-corrected chi connectivity index (χ0v) is 14.4. The van der Waals surface area contributed by atoms with Crippen LogP contribution >= 0.6 is 0 Å². The summed E-state index contributed by atoms with van der Waals surface area (Å²) in [7, 11) is 0. The molecule has 3 aromatic rings. The van der Waals surface area contributed by atoms with E-state index < -0.39 is 5.41 Å². The lowest BCUT2D eigenvalue weighted by atomic mass is 9.95. The molecule has 6 nitrogen and oxygen atoms in total. The van der Waals surface area contributed by atoms with Crippen LogP contribution < -0.4 is 10.6 Å². The Hall–Kier alpha value is -2.89. The summed E-state index contributed by atoms with van der Waals surface area (Å²) in [5.41, 5.74) is 2.22. The molecule has 1 saturated carbocycles. The zero-order chi connectivity index (χ0) is 17.4. The first-order chi connectivity index (χ1) is 12.1. The van der Waals surface area contributed by atoms with E-state index >= 15 is 0 Å². The quantitative estimate of drug-likeness (QED) is 0.751. The van der Waals surface area contributed by atoms with Gasteiger partial charge >= 0.3 is 0 Å². The van der Waals surface area contributed by atoms with Gasteiger partial charge in [0.25, 0.3) is 0 Å². The van der Waals surface area contributed by atoms with Gasteiger partial charge in [0.05, 0.1) is 11.1 Å². The Morgan fingerprint density at radius 1 is 1.16 bits per heavy atom. The average molecular weight is 335 g/mol. The third-order valence-corrected chi connectivity index (χ3v) is 4.54. The summed E-state index contributed by atoms with van der Waals surface area (Å²) in [5, 5.41) is 10.6. The third kappa shape index (κ3) is 2.84. The molecule has 1 aliphatic carbocycles. The number of hydrogen-bond acceptors (Lipinski definition) is 4. The highest BCUT2D eigenvalue weighted by Gasteiger charge is 2.51. The van der Waals surface area contributed by atoms with E-state index in [-0.39, 0.29) is 11.9 Å². The van der Waals surface area contributed by atoms with E-state index in [9.17, 15) is 4.79 Å². The normalized spacial score (nSPS) is 15.3. The van der Waals surface area contributed by atoms with Crippen LogP contribution in [0, 0.1) is 0 Å². The SMILES string of the molecule is CC(C)Nc1cccn2nc(NC(=O)C3(c4ccccc4)CC3)nc12. The van der Waals surface area contributed by atoms with Crippen LogP contribution in [-0.4, -0.2) is 26.5 Å². The van der Waals surface area contributed by atoms with Crippen molar-refractivity contribution >= 4 is 23.2 Å². The highest BCUT2D eigenvalue weighted by atomic mass is 16.2. The van der Waals surface area contributed by atoms with E-state index in [1.165, 1.54) is 0 Å². The molecule has 1 fully saturated rings. The van der Waals surface area contributed by atoms with Gasteiger partial charge in [-0.2, -0.15) is 4.98 Å². The van der Waals surface area contributed by atoms with E-state index in [2.05, 4.69) is 34.6 Å². The van der Waals surface area contributed by atoms with Crippen molar-refractivity contribution in [3.8, 4) is 0 Å². The van der Waals surface area contributed by atoms with Crippen LogP contribution in [0.3, 0.4) is 0 Å². The van der Waals surface area contributed by atoms with Gasteiger partial charge in [-0.05, 0) is 44.4 Å². The van der Waals surface area contributed by atoms with Gasteiger partial charge in [0.1, 0.15) is 0 Å². The largest absolute Gasteiger partial charge is 0.380 e. The molecule has 0 unspecified atom stereocenters. The van der Waals surface area contributed by atoms with E-state index in [0.717, 1.165) is 24.1 Å². The van der Waals surface area contributed by atoms with Gasteiger partial charge in [-0.15, -0.1) is 5.10 Å². The average Bonchev–Trinajstić information content (AvgIpc) is 3.31. The molecule has 2 heterocycles. The minimum atomic E-state index is -0.433. The second-order valence-corrected chi connectivity index (χ2v) is 6.83. The number of carbonyl (C=O) groups excluding carboxylic acids is 1. The molecule has 1 aromatic carbocycles. The lowest BCUT2D eigenvalue weighted by molar-refractivity contribution is -0.118. The molecule has 0 bridgehead atoms. The lowest BCUT2D eigenvalue weighted by Crippen LogP contribution is -2.28. The van der Waals surface area contributed by atoms with Gasteiger partial charge in [0.2, 0.25) is 11.9 Å². The van der Waals surface area contributed by atoms with Crippen molar-refractivity contribution in [2.24, 2.45) is 0 Å². The summed E-state index contributed by atoms with van der Waals surface area (Å²) in [4.78, 5) is 17.3. The molecule has 25 heavy (non-hydrogen) atoms. The standard InChI is InChI=1S/C19H21N5O/c1-13(2)20-15-9-6-12-24-16(15)21-18(23-24)22-17(25)19(10-11-19)14-7-4-3-5-8-14/h3-9,12-13,20H,10-11H2,1-2H3,(H,22,23,25). The lowest BCUT2D eigenvalue weighted by Gasteiger charge is -2.13. The van der Waals surface area contributed by atoms with E-state index in [0.29, 0.717) is 11.6 Å². The predicted octanol–water partition coefficient (Wildman–Crippen LogP) is 3.22. The Balaban J connectivity index is 1.60. The number of nitrogens with zero attached hydrogens (tertiary/aromatic N) is 3. The Kier molecular flexibility index (Phi) is 3.67. The molecule has 4 rings (SSSR count). The molecule has 2 aromatic heterocycles. The van der Waals surface area contributed by atoms with Crippen molar-refractivity contribution in [2.75, 3.05) is 10.6 Å². The molecule has 0 radical (unpaired) electrons. The molecule has 0 saturated heterocycles. The number of amides is 1. The van der Waals surface area contributed by atoms with Gasteiger partial charge in [0.15, 0.2) is 5.65 Å². The summed E-state index contributed by atoms with van der Waals surface area (Å²) in [5.74, 6) is 0.304.